The molecule has 1 heterocycles. The minimum absolute atomic E-state index is 0.241. The monoisotopic (exact) mass is 396 g/mol. The molecule has 0 bridgehead atoms. The van der Waals surface area contributed by atoms with Gasteiger partial charge < -0.3 is 15.0 Å². The second kappa shape index (κ2) is 8.87. The third kappa shape index (κ3) is 4.62. The molecular formula is C24H20N4O2. The van der Waals surface area contributed by atoms with Crippen LogP contribution in [-0.4, -0.2) is 22.9 Å². The predicted molar refractivity (Wildman–Crippen MR) is 117 cm³/mol. The van der Waals surface area contributed by atoms with Crippen molar-refractivity contribution < 1.29 is 9.53 Å². The number of carbonyl (C=O) groups excluding carboxylic acids is 1. The van der Waals surface area contributed by atoms with Crippen LogP contribution in [0.5, 0.6) is 11.5 Å². The van der Waals surface area contributed by atoms with Crippen LogP contribution in [0.1, 0.15) is 10.5 Å². The second-order valence-electron chi connectivity index (χ2n) is 6.55. The van der Waals surface area contributed by atoms with Crippen molar-refractivity contribution in [1.82, 2.24) is 9.97 Å². The minimum atomic E-state index is -0.326. The average molecular weight is 396 g/mol. The lowest BCUT2D eigenvalue weighted by molar-refractivity contribution is 0.102. The highest BCUT2D eigenvalue weighted by Gasteiger charge is 2.11. The molecule has 6 nitrogen and oxygen atoms in total. The Hall–Kier alpha value is -4.19. The highest BCUT2D eigenvalue weighted by Crippen LogP contribution is 2.23. The van der Waals surface area contributed by atoms with E-state index in [9.17, 15) is 4.79 Å². The van der Waals surface area contributed by atoms with Crippen molar-refractivity contribution in [3.05, 3.63) is 103 Å². The zero-order valence-electron chi connectivity index (χ0n) is 16.4. The van der Waals surface area contributed by atoms with Gasteiger partial charge in [0, 0.05) is 18.4 Å². The smallest absolute Gasteiger partial charge is 0.275 e. The number of nitrogens with one attached hydrogen (secondary N) is 1. The molecule has 6 heteroatoms. The number of hydrogen-bond acceptors (Lipinski definition) is 5. The van der Waals surface area contributed by atoms with Crippen LogP contribution < -0.4 is 15.0 Å². The number of anilines is 3. The van der Waals surface area contributed by atoms with Crippen LogP contribution in [0.2, 0.25) is 0 Å². The van der Waals surface area contributed by atoms with Crippen molar-refractivity contribution in [3.8, 4) is 11.5 Å². The van der Waals surface area contributed by atoms with Gasteiger partial charge in [-0.1, -0.05) is 36.4 Å². The second-order valence-corrected chi connectivity index (χ2v) is 6.55. The Bertz CT molecular complexity index is 1100. The summed E-state index contributed by atoms with van der Waals surface area (Å²) in [5.74, 6) is 1.77. The summed E-state index contributed by atoms with van der Waals surface area (Å²) >= 11 is 0. The van der Waals surface area contributed by atoms with E-state index in [4.69, 9.17) is 4.74 Å². The first-order valence-electron chi connectivity index (χ1n) is 9.44. The summed E-state index contributed by atoms with van der Waals surface area (Å²) in [6, 6.07) is 26.5. The number of ether oxygens (including phenoxy) is 1. The summed E-state index contributed by atoms with van der Waals surface area (Å²) in [6.45, 7) is 0. The number of nitrogens with zero attached hydrogens (tertiary/aromatic N) is 3. The molecule has 1 amide bonds. The van der Waals surface area contributed by atoms with Gasteiger partial charge in [0.1, 0.15) is 17.2 Å². The zero-order valence-corrected chi connectivity index (χ0v) is 16.4. The Morgan fingerprint density at radius 1 is 0.800 bits per heavy atom. The summed E-state index contributed by atoms with van der Waals surface area (Å²) in [5.41, 5.74) is 1.87. The highest BCUT2D eigenvalue weighted by atomic mass is 16.5. The lowest BCUT2D eigenvalue weighted by Gasteiger charge is -2.17. The topological polar surface area (TPSA) is 67.4 Å². The van der Waals surface area contributed by atoms with E-state index in [-0.39, 0.29) is 11.6 Å². The van der Waals surface area contributed by atoms with Gasteiger partial charge in [-0.3, -0.25) is 4.79 Å². The Balaban J connectivity index is 1.39. The first-order valence-corrected chi connectivity index (χ1v) is 9.44. The summed E-state index contributed by atoms with van der Waals surface area (Å²) < 4.78 is 5.76. The molecule has 0 aliphatic carbocycles. The van der Waals surface area contributed by atoms with Crippen molar-refractivity contribution in [3.63, 3.8) is 0 Å². The van der Waals surface area contributed by atoms with Crippen molar-refractivity contribution in [2.75, 3.05) is 17.3 Å². The minimum Gasteiger partial charge on any atom is -0.457 e. The van der Waals surface area contributed by atoms with E-state index in [2.05, 4.69) is 15.3 Å². The maximum atomic E-state index is 12.5. The Morgan fingerprint density at radius 3 is 2.07 bits per heavy atom. The molecule has 4 rings (SSSR count). The van der Waals surface area contributed by atoms with Gasteiger partial charge in [-0.15, -0.1) is 0 Å². The van der Waals surface area contributed by atoms with Gasteiger partial charge in [0.2, 0.25) is 0 Å². The van der Waals surface area contributed by atoms with Gasteiger partial charge in [0.15, 0.2) is 5.82 Å². The SMILES string of the molecule is CN(c1ccccc1)c1cnc(C(=O)Nc2ccc(Oc3ccccc3)cc2)cn1. The first kappa shape index (κ1) is 19.1. The fourth-order valence-corrected chi connectivity index (χ4v) is 2.82. The molecule has 148 valence electrons. The van der Waals surface area contributed by atoms with E-state index in [1.54, 1.807) is 30.5 Å². The number of amides is 1. The van der Waals surface area contributed by atoms with Crippen molar-refractivity contribution in [1.29, 1.82) is 0 Å². The molecule has 30 heavy (non-hydrogen) atoms. The normalized spacial score (nSPS) is 10.3. The van der Waals surface area contributed by atoms with Gasteiger partial charge in [-0.05, 0) is 48.5 Å². The standard InChI is InChI=1S/C24H20N4O2/c1-28(19-8-4-2-5-9-19)23-17-25-22(16-26-23)24(29)27-18-12-14-21(15-13-18)30-20-10-6-3-7-11-20/h2-17H,1H3,(H,27,29). The van der Waals surface area contributed by atoms with E-state index in [0.717, 1.165) is 11.4 Å². The van der Waals surface area contributed by atoms with Gasteiger partial charge in [-0.2, -0.15) is 0 Å². The van der Waals surface area contributed by atoms with Gasteiger partial charge in [0.25, 0.3) is 5.91 Å². The predicted octanol–water partition coefficient (Wildman–Crippen LogP) is 5.29. The van der Waals surface area contributed by atoms with Crippen LogP contribution in [0, 0.1) is 0 Å². The molecule has 0 saturated heterocycles. The van der Waals surface area contributed by atoms with Crippen LogP contribution in [0.25, 0.3) is 0 Å². The van der Waals surface area contributed by atoms with E-state index >= 15 is 0 Å². The quantitative estimate of drug-likeness (QED) is 0.480. The van der Waals surface area contributed by atoms with Crippen molar-refractivity contribution in [2.45, 2.75) is 0 Å². The molecule has 0 radical (unpaired) electrons. The lowest BCUT2D eigenvalue weighted by Crippen LogP contribution is -2.16. The molecule has 0 atom stereocenters. The van der Waals surface area contributed by atoms with Crippen LogP contribution in [0.3, 0.4) is 0 Å². The number of benzene rings is 3. The number of aromatic nitrogens is 2. The maximum Gasteiger partial charge on any atom is 0.275 e. The summed E-state index contributed by atoms with van der Waals surface area (Å²) in [4.78, 5) is 23.0. The van der Waals surface area contributed by atoms with E-state index < -0.39 is 0 Å². The van der Waals surface area contributed by atoms with Crippen LogP contribution in [0.15, 0.2) is 97.3 Å². The molecule has 0 unspecified atom stereocenters. The third-order valence-corrected chi connectivity index (χ3v) is 4.45. The van der Waals surface area contributed by atoms with E-state index in [1.807, 2.05) is 72.6 Å². The Morgan fingerprint density at radius 2 is 1.43 bits per heavy atom. The van der Waals surface area contributed by atoms with Gasteiger partial charge >= 0.3 is 0 Å². The Labute approximate surface area is 174 Å². The summed E-state index contributed by atoms with van der Waals surface area (Å²) in [5, 5.41) is 2.82. The molecule has 1 aromatic heterocycles. The van der Waals surface area contributed by atoms with E-state index in [1.165, 1.54) is 6.20 Å². The first-order chi connectivity index (χ1) is 14.7. The highest BCUT2D eigenvalue weighted by molar-refractivity contribution is 6.02. The van der Waals surface area contributed by atoms with Crippen LogP contribution in [0.4, 0.5) is 17.2 Å². The third-order valence-electron chi connectivity index (χ3n) is 4.45. The summed E-state index contributed by atoms with van der Waals surface area (Å²) in [6.07, 6.45) is 3.05. The van der Waals surface area contributed by atoms with Crippen molar-refractivity contribution in [2.24, 2.45) is 0 Å². The molecule has 0 spiro atoms. The molecule has 3 aromatic carbocycles. The van der Waals surface area contributed by atoms with Gasteiger partial charge in [0.05, 0.1) is 12.4 Å². The van der Waals surface area contributed by atoms with Crippen molar-refractivity contribution >= 4 is 23.1 Å². The largest absolute Gasteiger partial charge is 0.457 e. The molecule has 4 aromatic rings. The molecular weight excluding hydrogens is 376 g/mol. The number of para-hydroxylation sites is 2. The Kier molecular flexibility index (Phi) is 5.66. The molecule has 0 saturated carbocycles. The number of carbonyl (C=O) groups is 1. The molecule has 0 aliphatic heterocycles. The molecule has 0 aliphatic rings. The van der Waals surface area contributed by atoms with Crippen LogP contribution >= 0.6 is 0 Å². The number of hydrogen-bond donors (Lipinski definition) is 1. The lowest BCUT2D eigenvalue weighted by atomic mass is 10.3. The number of rotatable bonds is 6. The fraction of sp³-hybridized carbons (Fsp3) is 0.0417. The fourth-order valence-electron chi connectivity index (χ4n) is 2.82. The summed E-state index contributed by atoms with van der Waals surface area (Å²) in [7, 11) is 1.90. The van der Waals surface area contributed by atoms with Gasteiger partial charge in [-0.25, -0.2) is 9.97 Å². The average Bonchev–Trinajstić information content (AvgIpc) is 2.81. The maximum absolute atomic E-state index is 12.5. The zero-order chi connectivity index (χ0) is 20.8. The molecule has 1 N–H and O–H groups in total. The molecule has 0 fully saturated rings. The van der Waals surface area contributed by atoms with E-state index in [0.29, 0.717) is 17.3 Å². The van der Waals surface area contributed by atoms with Crippen LogP contribution in [-0.2, 0) is 0 Å².